The summed E-state index contributed by atoms with van der Waals surface area (Å²) in [6.45, 7) is 8.39. The van der Waals surface area contributed by atoms with Crippen molar-refractivity contribution in [2.45, 2.75) is 27.3 Å². The van der Waals surface area contributed by atoms with Gasteiger partial charge in [-0.1, -0.05) is 30.3 Å². The van der Waals surface area contributed by atoms with Crippen LogP contribution in [0.5, 0.6) is 0 Å². The Labute approximate surface area is 236 Å². The number of Topliss-reactive ketones (excluding diaryl/α,β-unsaturated/α-hetero) is 1. The molecule has 2 heterocycles. The number of anilines is 3. The molecule has 0 saturated carbocycles. The number of hydrogen-bond acceptors (Lipinski definition) is 6. The second-order valence-corrected chi connectivity index (χ2v) is 9.91. The van der Waals surface area contributed by atoms with Gasteiger partial charge in [-0.2, -0.15) is 0 Å². The zero-order valence-electron chi connectivity index (χ0n) is 23.8. The highest BCUT2D eigenvalue weighted by molar-refractivity contribution is 6.47. The third-order valence-electron chi connectivity index (χ3n) is 6.72. The van der Waals surface area contributed by atoms with E-state index in [4.69, 9.17) is 4.74 Å². The van der Waals surface area contributed by atoms with Crippen molar-refractivity contribution in [1.82, 2.24) is 9.55 Å². The number of aryl methyl sites for hydroxylation is 3. The van der Waals surface area contributed by atoms with Gasteiger partial charge in [-0.3, -0.25) is 9.59 Å². The van der Waals surface area contributed by atoms with Crippen LogP contribution in [0.2, 0.25) is 0 Å². The molecule has 0 aliphatic heterocycles. The molecule has 4 rings (SSSR count). The van der Waals surface area contributed by atoms with Crippen LogP contribution in [0.4, 0.5) is 17.2 Å². The monoisotopic (exact) mass is 539 g/mol. The van der Waals surface area contributed by atoms with E-state index < -0.39 is 11.7 Å². The van der Waals surface area contributed by atoms with Crippen LogP contribution in [0.1, 0.15) is 27.4 Å². The lowest BCUT2D eigenvalue weighted by molar-refractivity contribution is -0.112. The Balaban J connectivity index is 1.41. The molecular weight excluding hydrogens is 502 g/mol. The number of likely N-dealkylation sites (N-methyl/N-ethyl adjacent to an activating group) is 1. The average molecular weight is 540 g/mol. The number of ether oxygens (including phenoxy) is 1. The number of nitrogens with one attached hydrogen (secondary N) is 2. The molecule has 2 aromatic heterocycles. The van der Waals surface area contributed by atoms with Crippen LogP contribution < -0.4 is 15.5 Å². The molecule has 0 spiro atoms. The van der Waals surface area contributed by atoms with Gasteiger partial charge in [0.2, 0.25) is 0 Å². The van der Waals surface area contributed by atoms with E-state index in [0.717, 1.165) is 47.1 Å². The first-order chi connectivity index (χ1) is 19.3. The van der Waals surface area contributed by atoms with E-state index in [-0.39, 0.29) is 0 Å². The van der Waals surface area contributed by atoms with Crippen LogP contribution in [-0.4, -0.2) is 55.1 Å². The predicted molar refractivity (Wildman–Crippen MR) is 161 cm³/mol. The number of amides is 1. The molecule has 2 N–H and O–H groups in total. The number of benzene rings is 2. The molecule has 1 amide bonds. The number of hydrogen-bond donors (Lipinski definition) is 2. The summed E-state index contributed by atoms with van der Waals surface area (Å²) in [5.41, 5.74) is 6.52. The first-order valence-corrected chi connectivity index (χ1v) is 13.4. The summed E-state index contributed by atoms with van der Waals surface area (Å²) in [6.07, 6.45) is 0. The molecule has 4 aromatic rings. The molecule has 0 radical (unpaired) electrons. The summed E-state index contributed by atoms with van der Waals surface area (Å²) >= 11 is 0. The smallest absolute Gasteiger partial charge is 0.298 e. The number of aromatic nitrogens is 2. The Morgan fingerprint density at radius 1 is 0.950 bits per heavy atom. The average Bonchev–Trinajstić information content (AvgIpc) is 3.27. The summed E-state index contributed by atoms with van der Waals surface area (Å²) in [6, 6.07) is 23.1. The van der Waals surface area contributed by atoms with Crippen molar-refractivity contribution in [3.63, 3.8) is 0 Å². The van der Waals surface area contributed by atoms with Gasteiger partial charge < -0.3 is 24.8 Å². The van der Waals surface area contributed by atoms with Crippen molar-refractivity contribution in [2.75, 3.05) is 49.4 Å². The van der Waals surface area contributed by atoms with Crippen molar-refractivity contribution in [3.05, 3.63) is 95.4 Å². The molecule has 0 fully saturated rings. The molecular formula is C32H37N5O3. The predicted octanol–water partition coefficient (Wildman–Crippen LogP) is 5.49. The minimum Gasteiger partial charge on any atom is -0.383 e. The first kappa shape index (κ1) is 28.6. The normalized spacial score (nSPS) is 10.8. The third-order valence-corrected chi connectivity index (χ3v) is 6.72. The molecule has 0 unspecified atom stereocenters. The zero-order chi connectivity index (χ0) is 28.6. The highest BCUT2D eigenvalue weighted by Crippen LogP contribution is 2.28. The highest BCUT2D eigenvalue weighted by atomic mass is 16.5. The molecule has 0 aliphatic carbocycles. The van der Waals surface area contributed by atoms with Crippen molar-refractivity contribution < 1.29 is 14.3 Å². The largest absolute Gasteiger partial charge is 0.383 e. The van der Waals surface area contributed by atoms with Crippen LogP contribution in [0, 0.1) is 20.8 Å². The van der Waals surface area contributed by atoms with E-state index in [0.29, 0.717) is 24.5 Å². The maximum atomic E-state index is 13.5. The molecule has 8 nitrogen and oxygen atoms in total. The van der Waals surface area contributed by atoms with Gasteiger partial charge in [0.05, 0.1) is 6.61 Å². The minimum absolute atomic E-state index is 0.360. The van der Waals surface area contributed by atoms with E-state index in [1.54, 1.807) is 19.2 Å². The Kier molecular flexibility index (Phi) is 9.35. The number of carbonyl (C=O) groups excluding carboxylic acids is 2. The van der Waals surface area contributed by atoms with E-state index >= 15 is 0 Å². The Hall–Kier alpha value is -4.43. The molecule has 40 heavy (non-hydrogen) atoms. The Morgan fingerprint density at radius 2 is 1.65 bits per heavy atom. The van der Waals surface area contributed by atoms with Crippen LogP contribution in [0.25, 0.3) is 11.1 Å². The van der Waals surface area contributed by atoms with Crippen LogP contribution in [0.3, 0.4) is 0 Å². The number of rotatable bonds is 12. The second-order valence-electron chi connectivity index (χ2n) is 9.91. The maximum Gasteiger partial charge on any atom is 0.298 e. The fourth-order valence-corrected chi connectivity index (χ4v) is 4.70. The topological polar surface area (TPSA) is 88.5 Å². The van der Waals surface area contributed by atoms with Crippen LogP contribution in [-0.2, 0) is 16.1 Å². The SMILES string of the molecule is COCCn1c(C)cc(-c2ccccc2)c1C(=O)C(=O)Nc1ccc(NCCN(C)c2cc(C)cc(C)n2)cc1. The van der Waals surface area contributed by atoms with E-state index in [2.05, 4.69) is 39.6 Å². The van der Waals surface area contributed by atoms with Crippen LogP contribution in [0.15, 0.2) is 72.8 Å². The molecule has 8 heteroatoms. The van der Waals surface area contributed by atoms with Gasteiger partial charge in [-0.15, -0.1) is 0 Å². The van der Waals surface area contributed by atoms with Gasteiger partial charge in [0.15, 0.2) is 0 Å². The minimum atomic E-state index is -0.683. The lowest BCUT2D eigenvalue weighted by Crippen LogP contribution is -2.27. The molecule has 0 bridgehead atoms. The van der Waals surface area contributed by atoms with Gasteiger partial charge in [-0.05, 0) is 74.4 Å². The number of nitrogens with zero attached hydrogens (tertiary/aromatic N) is 3. The highest BCUT2D eigenvalue weighted by Gasteiger charge is 2.26. The summed E-state index contributed by atoms with van der Waals surface area (Å²) in [5.74, 6) is -0.327. The third kappa shape index (κ3) is 6.95. The number of pyridine rings is 1. The zero-order valence-corrected chi connectivity index (χ0v) is 23.8. The first-order valence-electron chi connectivity index (χ1n) is 13.4. The summed E-state index contributed by atoms with van der Waals surface area (Å²) < 4.78 is 7.10. The number of ketones is 1. The maximum absolute atomic E-state index is 13.5. The van der Waals surface area contributed by atoms with Gasteiger partial charge in [0.1, 0.15) is 11.5 Å². The van der Waals surface area contributed by atoms with Gasteiger partial charge in [-0.25, -0.2) is 4.98 Å². The second kappa shape index (κ2) is 13.1. The fraction of sp³-hybridized carbons (Fsp3) is 0.281. The summed E-state index contributed by atoms with van der Waals surface area (Å²) in [5, 5.41) is 6.16. The van der Waals surface area contributed by atoms with Crippen molar-refractivity contribution in [2.24, 2.45) is 0 Å². The quantitative estimate of drug-likeness (QED) is 0.183. The van der Waals surface area contributed by atoms with Crippen molar-refractivity contribution in [1.29, 1.82) is 0 Å². The Bertz CT molecular complexity index is 1440. The molecule has 208 valence electrons. The molecule has 0 saturated heterocycles. The summed E-state index contributed by atoms with van der Waals surface area (Å²) in [4.78, 5) is 33.3. The Morgan fingerprint density at radius 3 is 2.33 bits per heavy atom. The van der Waals surface area contributed by atoms with Crippen molar-refractivity contribution >= 4 is 28.9 Å². The van der Waals surface area contributed by atoms with Gasteiger partial charge in [0, 0.05) is 62.1 Å². The number of carbonyl (C=O) groups is 2. The molecule has 0 aliphatic rings. The number of methoxy groups -OCH3 is 1. The van der Waals surface area contributed by atoms with Crippen molar-refractivity contribution in [3.8, 4) is 11.1 Å². The standard InChI is InChI=1S/C32H37N5O3/c1-22-19-23(2)34-29(20-22)36(4)16-15-33-26-11-13-27(14-12-26)35-32(39)31(38)30-28(25-9-7-6-8-10-25)21-24(3)37(30)17-18-40-5/h6-14,19-21,33H,15-18H2,1-5H3,(H,35,39). The summed E-state index contributed by atoms with van der Waals surface area (Å²) in [7, 11) is 3.64. The lowest BCUT2D eigenvalue weighted by Gasteiger charge is -2.20. The molecule has 2 aromatic carbocycles. The van der Waals surface area contributed by atoms with Gasteiger partial charge in [0.25, 0.3) is 11.7 Å². The van der Waals surface area contributed by atoms with E-state index in [9.17, 15) is 9.59 Å². The van der Waals surface area contributed by atoms with E-state index in [1.807, 2.05) is 74.0 Å². The van der Waals surface area contributed by atoms with Gasteiger partial charge >= 0.3 is 0 Å². The van der Waals surface area contributed by atoms with Crippen LogP contribution >= 0.6 is 0 Å². The molecule has 0 atom stereocenters. The fourth-order valence-electron chi connectivity index (χ4n) is 4.70. The lowest BCUT2D eigenvalue weighted by atomic mass is 10.0. The van der Waals surface area contributed by atoms with E-state index in [1.165, 1.54) is 5.56 Å².